The third-order valence-electron chi connectivity index (χ3n) is 9.49. The summed E-state index contributed by atoms with van der Waals surface area (Å²) in [5, 5.41) is 2.75. The Bertz CT molecular complexity index is 1780. The number of hydrogen-bond donors (Lipinski definition) is 1. The molecular weight excluding hydrogens is 669 g/mol. The van der Waals surface area contributed by atoms with E-state index in [-0.39, 0.29) is 42.1 Å². The van der Waals surface area contributed by atoms with Gasteiger partial charge in [-0.25, -0.2) is 8.78 Å². The van der Waals surface area contributed by atoms with Gasteiger partial charge in [-0.2, -0.15) is 13.2 Å². The molecule has 0 aliphatic carbocycles. The number of hydrogen-bond acceptors (Lipinski definition) is 5. The Morgan fingerprint density at radius 3 is 2.29 bits per heavy atom. The number of rotatable bonds is 13. The van der Waals surface area contributed by atoms with Gasteiger partial charge in [-0.05, 0) is 124 Å². The fourth-order valence-corrected chi connectivity index (χ4v) is 6.91. The molecule has 0 saturated carbocycles. The molecule has 278 valence electrons. The van der Waals surface area contributed by atoms with Crippen molar-refractivity contribution in [2.45, 2.75) is 98.3 Å². The molecule has 2 aromatic carbocycles. The van der Waals surface area contributed by atoms with Crippen molar-refractivity contribution in [3.63, 3.8) is 0 Å². The van der Waals surface area contributed by atoms with E-state index in [4.69, 9.17) is 4.74 Å². The molecule has 1 saturated heterocycles. The largest absolute Gasteiger partial charge is 0.466 e. The summed E-state index contributed by atoms with van der Waals surface area (Å²) in [5.41, 5.74) is 0.0512. The van der Waals surface area contributed by atoms with Crippen molar-refractivity contribution in [3.05, 3.63) is 91.9 Å². The van der Waals surface area contributed by atoms with Gasteiger partial charge in [0.25, 0.3) is 5.56 Å². The summed E-state index contributed by atoms with van der Waals surface area (Å²) in [6.07, 6.45) is -1.06. The van der Waals surface area contributed by atoms with Gasteiger partial charge in [-0.3, -0.25) is 14.4 Å². The molecule has 51 heavy (non-hydrogen) atoms. The number of aromatic nitrogens is 1. The van der Waals surface area contributed by atoms with Crippen LogP contribution in [0, 0.1) is 38.3 Å². The normalized spacial score (nSPS) is 15.1. The smallest absolute Gasteiger partial charge is 0.416 e. The third-order valence-corrected chi connectivity index (χ3v) is 9.49. The first-order valence-electron chi connectivity index (χ1n) is 17.6. The first kappa shape index (κ1) is 39.7. The molecule has 0 spiro atoms. The molecule has 1 N–H and O–H groups in total. The highest BCUT2D eigenvalue weighted by Gasteiger charge is 2.36. The molecule has 1 unspecified atom stereocenters. The van der Waals surface area contributed by atoms with Crippen molar-refractivity contribution in [1.82, 2.24) is 14.8 Å². The second-order valence-electron chi connectivity index (χ2n) is 13.9. The van der Waals surface area contributed by atoms with Gasteiger partial charge in [-0.1, -0.05) is 26.3 Å². The molecule has 7 nitrogen and oxygen atoms in total. The Morgan fingerprint density at radius 2 is 1.67 bits per heavy atom. The van der Waals surface area contributed by atoms with Crippen LogP contribution >= 0.6 is 0 Å². The van der Waals surface area contributed by atoms with Crippen LogP contribution in [0.15, 0.2) is 41.3 Å². The van der Waals surface area contributed by atoms with Gasteiger partial charge >= 0.3 is 12.1 Å². The zero-order valence-corrected chi connectivity index (χ0v) is 30.2. The van der Waals surface area contributed by atoms with Crippen LogP contribution in [-0.2, 0) is 26.9 Å². The fraction of sp³-hybridized carbons (Fsp3) is 0.513. The van der Waals surface area contributed by atoms with E-state index < -0.39 is 59.3 Å². The summed E-state index contributed by atoms with van der Waals surface area (Å²) in [7, 11) is 0. The molecule has 0 radical (unpaired) electrons. The molecule has 3 aromatic rings. The molecule has 0 bridgehead atoms. The second kappa shape index (κ2) is 17.0. The lowest BCUT2D eigenvalue weighted by Crippen LogP contribution is -2.41. The van der Waals surface area contributed by atoms with Crippen LogP contribution in [-0.4, -0.2) is 47.6 Å². The van der Waals surface area contributed by atoms with Crippen LogP contribution < -0.4 is 10.9 Å². The zero-order chi connectivity index (χ0) is 37.6. The van der Waals surface area contributed by atoms with E-state index in [0.29, 0.717) is 29.3 Å². The maximum atomic E-state index is 16.0. The average molecular weight is 718 g/mol. The van der Waals surface area contributed by atoms with Crippen molar-refractivity contribution in [2.75, 3.05) is 26.2 Å². The predicted molar refractivity (Wildman–Crippen MR) is 186 cm³/mol. The van der Waals surface area contributed by atoms with Crippen LogP contribution in [0.4, 0.5) is 22.0 Å². The number of aryl methyl sites for hydroxylation is 2. The first-order valence-corrected chi connectivity index (χ1v) is 17.6. The van der Waals surface area contributed by atoms with Gasteiger partial charge in [-0.15, -0.1) is 0 Å². The molecular formula is C39H48F5N3O4. The molecule has 2 heterocycles. The van der Waals surface area contributed by atoms with Crippen LogP contribution in [0.2, 0.25) is 0 Å². The van der Waals surface area contributed by atoms with Crippen molar-refractivity contribution in [2.24, 2.45) is 5.92 Å². The third kappa shape index (κ3) is 9.84. The first-order chi connectivity index (χ1) is 24.0. The van der Waals surface area contributed by atoms with Crippen LogP contribution in [0.25, 0.3) is 11.1 Å². The zero-order valence-electron chi connectivity index (χ0n) is 30.2. The van der Waals surface area contributed by atoms with Crippen molar-refractivity contribution >= 4 is 11.9 Å². The van der Waals surface area contributed by atoms with Gasteiger partial charge in [0.1, 0.15) is 17.7 Å². The molecule has 1 aliphatic rings. The summed E-state index contributed by atoms with van der Waals surface area (Å²) in [6, 6.07) is 3.94. The van der Waals surface area contributed by atoms with Crippen LogP contribution in [0.3, 0.4) is 0 Å². The van der Waals surface area contributed by atoms with Gasteiger partial charge in [0, 0.05) is 24.4 Å². The van der Waals surface area contributed by atoms with Gasteiger partial charge < -0.3 is 19.5 Å². The van der Waals surface area contributed by atoms with E-state index in [9.17, 15) is 31.9 Å². The lowest BCUT2D eigenvalue weighted by molar-refractivity contribution is -0.144. The van der Waals surface area contributed by atoms with Crippen molar-refractivity contribution in [3.8, 4) is 11.1 Å². The Kier molecular flexibility index (Phi) is 13.2. The molecule has 2 atom stereocenters. The number of halogens is 5. The van der Waals surface area contributed by atoms with Crippen LogP contribution in [0.1, 0.15) is 98.3 Å². The number of carbonyl (C=O) groups excluding carboxylic acids is 2. The maximum absolute atomic E-state index is 16.0. The molecule has 1 aromatic heterocycles. The highest BCUT2D eigenvalue weighted by Crippen LogP contribution is 2.35. The van der Waals surface area contributed by atoms with E-state index >= 15 is 4.39 Å². The number of esters is 1. The minimum atomic E-state index is -4.78. The molecule has 1 aliphatic heterocycles. The van der Waals surface area contributed by atoms with Crippen LogP contribution in [0.5, 0.6) is 0 Å². The summed E-state index contributed by atoms with van der Waals surface area (Å²) in [6.45, 7) is 12.1. The highest BCUT2D eigenvalue weighted by atomic mass is 19.4. The Labute approximate surface area is 296 Å². The summed E-state index contributed by atoms with van der Waals surface area (Å²) in [5.74, 6) is -2.84. The Morgan fingerprint density at radius 1 is 0.980 bits per heavy atom. The minimum Gasteiger partial charge on any atom is -0.466 e. The number of amides is 1. The SMILES string of the molecule is CCOC(=O)C[C@H](NC(=O)C(CC(C)C)n1cc(CCN2CCCCC2)c(C(F)(F)F)cc1=O)c1cc(-c2c(C)ccc(F)c2C)cc(C)c1F. The van der Waals surface area contributed by atoms with Gasteiger partial charge in [0.15, 0.2) is 0 Å². The average Bonchev–Trinajstić information content (AvgIpc) is 3.06. The van der Waals surface area contributed by atoms with E-state index in [1.54, 1.807) is 46.8 Å². The maximum Gasteiger partial charge on any atom is 0.416 e. The summed E-state index contributed by atoms with van der Waals surface area (Å²) >= 11 is 0. The number of piperidine rings is 1. The van der Waals surface area contributed by atoms with E-state index in [2.05, 4.69) is 10.2 Å². The van der Waals surface area contributed by atoms with E-state index in [1.807, 2.05) is 0 Å². The standard InChI is InChI=1S/C39H48F5N3O4/c1-7-51-35(49)21-32(29-19-28(18-25(5)37(29)41)36-24(4)11-12-31(40)26(36)6)45-38(50)33(17-23(2)3)47-22-27(13-16-46-14-9-8-10-15-46)30(20-34(47)48)39(42,43)44/h11-12,18-20,22-23,32-33H,7-10,13-17,21H2,1-6H3,(H,45,50)/t32-,33?/m0/s1. The molecule has 4 rings (SSSR count). The monoisotopic (exact) mass is 717 g/mol. The number of nitrogens with one attached hydrogen (secondary N) is 1. The number of benzene rings is 2. The minimum absolute atomic E-state index is 0.0207. The highest BCUT2D eigenvalue weighted by molar-refractivity contribution is 5.82. The van der Waals surface area contributed by atoms with Crippen molar-refractivity contribution < 1.29 is 36.3 Å². The van der Waals surface area contributed by atoms with Gasteiger partial charge in [0.2, 0.25) is 5.91 Å². The predicted octanol–water partition coefficient (Wildman–Crippen LogP) is 8.16. The second-order valence-corrected chi connectivity index (χ2v) is 13.9. The Balaban J connectivity index is 1.79. The van der Waals surface area contributed by atoms with E-state index in [1.165, 1.54) is 19.1 Å². The number of ether oxygens (including phenoxy) is 1. The fourth-order valence-electron chi connectivity index (χ4n) is 6.91. The number of nitrogens with zero attached hydrogens (tertiary/aromatic N) is 2. The summed E-state index contributed by atoms with van der Waals surface area (Å²) in [4.78, 5) is 42.6. The number of likely N-dealkylation sites (tertiary alicyclic amines) is 1. The Hall–Kier alpha value is -4.06. The number of alkyl halides is 3. The molecule has 1 fully saturated rings. The summed E-state index contributed by atoms with van der Waals surface area (Å²) < 4.78 is 79.5. The number of pyridine rings is 1. The number of carbonyl (C=O) groups is 2. The molecule has 1 amide bonds. The molecule has 12 heteroatoms. The quantitative estimate of drug-likeness (QED) is 0.143. The van der Waals surface area contributed by atoms with Gasteiger partial charge in [0.05, 0.1) is 24.6 Å². The van der Waals surface area contributed by atoms with Crippen molar-refractivity contribution in [1.29, 1.82) is 0 Å². The lowest BCUT2D eigenvalue weighted by atomic mass is 9.90. The lowest BCUT2D eigenvalue weighted by Gasteiger charge is -2.28. The van der Waals surface area contributed by atoms with E-state index in [0.717, 1.165) is 48.7 Å². The topological polar surface area (TPSA) is 80.6 Å².